The van der Waals surface area contributed by atoms with Crippen LogP contribution in [0, 0.1) is 0 Å². The van der Waals surface area contributed by atoms with E-state index in [2.05, 4.69) is 5.32 Å². The molecule has 2 rings (SSSR count). The molecule has 1 aromatic rings. The Morgan fingerprint density at radius 1 is 1.13 bits per heavy atom. The summed E-state index contributed by atoms with van der Waals surface area (Å²) in [4.78, 5) is 25.7. The van der Waals surface area contributed by atoms with E-state index >= 15 is 0 Å². The van der Waals surface area contributed by atoms with Crippen molar-refractivity contribution >= 4 is 21.9 Å². The van der Waals surface area contributed by atoms with E-state index in [1.165, 1.54) is 4.31 Å². The van der Waals surface area contributed by atoms with Crippen molar-refractivity contribution in [3.8, 4) is 5.75 Å². The number of ether oxygens (including phenoxy) is 3. The van der Waals surface area contributed by atoms with Gasteiger partial charge in [0.05, 0.1) is 19.5 Å². The summed E-state index contributed by atoms with van der Waals surface area (Å²) in [6.45, 7) is 1.82. The van der Waals surface area contributed by atoms with E-state index in [4.69, 9.17) is 14.2 Å². The van der Waals surface area contributed by atoms with Gasteiger partial charge in [-0.25, -0.2) is 8.42 Å². The zero-order valence-corrected chi connectivity index (χ0v) is 18.5. The summed E-state index contributed by atoms with van der Waals surface area (Å²) in [6.07, 6.45) is 1.13. The average Bonchev–Trinajstić information content (AvgIpc) is 2.73. The fourth-order valence-electron chi connectivity index (χ4n) is 3.02. The Morgan fingerprint density at radius 3 is 2.32 bits per heavy atom. The summed E-state index contributed by atoms with van der Waals surface area (Å²) in [7, 11) is -1.73. The number of hydrogen-bond donors (Lipinski definition) is 2. The number of carboxylic acid groups (broad SMARTS) is 1. The van der Waals surface area contributed by atoms with Crippen molar-refractivity contribution in [2.75, 3.05) is 66.1 Å². The molecule has 0 aromatic heterocycles. The lowest BCUT2D eigenvalue weighted by molar-refractivity contribution is -0.143. The molecule has 0 unspecified atom stereocenters. The minimum atomic E-state index is -3.31. The van der Waals surface area contributed by atoms with Gasteiger partial charge in [0.25, 0.3) is 5.91 Å². The number of amides is 1. The third-order valence-electron chi connectivity index (χ3n) is 4.78. The van der Waals surface area contributed by atoms with E-state index in [9.17, 15) is 23.1 Å². The van der Waals surface area contributed by atoms with Gasteiger partial charge in [-0.1, -0.05) is 0 Å². The molecule has 1 amide bonds. The van der Waals surface area contributed by atoms with Crippen LogP contribution in [0.1, 0.15) is 10.4 Å². The van der Waals surface area contributed by atoms with Gasteiger partial charge in [-0.15, -0.1) is 0 Å². The van der Waals surface area contributed by atoms with Crippen molar-refractivity contribution in [3.05, 3.63) is 29.8 Å². The molecular weight excluding hydrogens is 430 g/mol. The normalized spacial score (nSPS) is 16.6. The van der Waals surface area contributed by atoms with Crippen LogP contribution in [0.15, 0.2) is 24.3 Å². The molecule has 0 radical (unpaired) electrons. The highest BCUT2D eigenvalue weighted by Gasteiger charge is 2.31. The number of hydrogen-bond acceptors (Lipinski definition) is 8. The number of piperazine rings is 1. The first-order chi connectivity index (χ1) is 14.7. The van der Waals surface area contributed by atoms with Crippen LogP contribution in [0.5, 0.6) is 5.75 Å². The lowest BCUT2D eigenvalue weighted by Crippen LogP contribution is -2.56. The van der Waals surface area contributed by atoms with Crippen LogP contribution in [-0.2, 0) is 24.3 Å². The van der Waals surface area contributed by atoms with Crippen molar-refractivity contribution < 1.29 is 37.3 Å². The first-order valence-corrected chi connectivity index (χ1v) is 11.6. The standard InChI is InChI=1S/C19H29N3O8S/c1-28-11-12-29-14-30-16-5-3-15(4-6-16)18(23)20-13-17(19(24)25)21-7-9-22(10-8-21)31(2,26)27/h3-6,17H,7-14H2,1-2H3,(H,20,23)(H,24,25)/t17-/m0/s1. The molecule has 1 atom stereocenters. The molecule has 1 aliphatic heterocycles. The summed E-state index contributed by atoms with van der Waals surface area (Å²) in [5.41, 5.74) is 0.360. The summed E-state index contributed by atoms with van der Waals surface area (Å²) in [5.74, 6) is -0.963. The number of nitrogens with zero attached hydrogens (tertiary/aromatic N) is 2. The molecule has 1 aromatic carbocycles. The molecular formula is C19H29N3O8S. The largest absolute Gasteiger partial charge is 0.480 e. The number of sulfonamides is 1. The number of methoxy groups -OCH3 is 1. The van der Waals surface area contributed by atoms with E-state index in [1.807, 2.05) is 0 Å². The Bertz CT molecular complexity index is 823. The van der Waals surface area contributed by atoms with Gasteiger partial charge in [-0.3, -0.25) is 14.5 Å². The van der Waals surface area contributed by atoms with Crippen molar-refractivity contribution in [2.24, 2.45) is 0 Å². The molecule has 174 valence electrons. The van der Waals surface area contributed by atoms with Gasteiger partial charge in [-0.2, -0.15) is 4.31 Å². The number of benzene rings is 1. The van der Waals surface area contributed by atoms with E-state index in [0.29, 0.717) is 24.5 Å². The smallest absolute Gasteiger partial charge is 0.322 e. The lowest BCUT2D eigenvalue weighted by atomic mass is 10.1. The second kappa shape index (κ2) is 12.0. The van der Waals surface area contributed by atoms with Gasteiger partial charge in [-0.05, 0) is 24.3 Å². The Morgan fingerprint density at radius 2 is 1.77 bits per heavy atom. The summed E-state index contributed by atoms with van der Waals surface area (Å²) in [6, 6.07) is 5.43. The van der Waals surface area contributed by atoms with Gasteiger partial charge in [0.1, 0.15) is 11.8 Å². The van der Waals surface area contributed by atoms with Crippen molar-refractivity contribution in [1.29, 1.82) is 0 Å². The highest BCUT2D eigenvalue weighted by atomic mass is 32.2. The van der Waals surface area contributed by atoms with Crippen molar-refractivity contribution in [3.63, 3.8) is 0 Å². The molecule has 0 bridgehead atoms. The van der Waals surface area contributed by atoms with Crippen LogP contribution >= 0.6 is 0 Å². The fraction of sp³-hybridized carbons (Fsp3) is 0.579. The lowest BCUT2D eigenvalue weighted by Gasteiger charge is -2.36. The first-order valence-electron chi connectivity index (χ1n) is 9.72. The van der Waals surface area contributed by atoms with Crippen molar-refractivity contribution in [2.45, 2.75) is 6.04 Å². The number of carbonyl (C=O) groups is 2. The second-order valence-corrected chi connectivity index (χ2v) is 8.93. The van der Waals surface area contributed by atoms with E-state index in [1.54, 1.807) is 36.3 Å². The number of carbonyl (C=O) groups excluding carboxylic acids is 1. The predicted molar refractivity (Wildman–Crippen MR) is 112 cm³/mol. The number of carboxylic acids is 1. The average molecular weight is 460 g/mol. The molecule has 12 heteroatoms. The topological polar surface area (TPSA) is 135 Å². The molecule has 0 spiro atoms. The zero-order chi connectivity index (χ0) is 22.9. The number of nitrogens with one attached hydrogen (secondary N) is 1. The first kappa shape index (κ1) is 25.0. The zero-order valence-electron chi connectivity index (χ0n) is 17.7. The van der Waals surface area contributed by atoms with Gasteiger partial charge in [0.2, 0.25) is 10.0 Å². The Kier molecular flexibility index (Phi) is 9.65. The fourth-order valence-corrected chi connectivity index (χ4v) is 3.85. The molecule has 1 saturated heterocycles. The monoisotopic (exact) mass is 459 g/mol. The van der Waals surface area contributed by atoms with E-state index < -0.39 is 27.9 Å². The van der Waals surface area contributed by atoms with Crippen LogP contribution in [0.3, 0.4) is 0 Å². The summed E-state index contributed by atoms with van der Waals surface area (Å²) < 4.78 is 40.0. The van der Waals surface area contributed by atoms with Crippen LogP contribution in [0.4, 0.5) is 0 Å². The Labute approximate surface area is 181 Å². The quantitative estimate of drug-likeness (QED) is 0.312. The number of rotatable bonds is 12. The summed E-state index contributed by atoms with van der Waals surface area (Å²) >= 11 is 0. The van der Waals surface area contributed by atoms with Gasteiger partial charge < -0.3 is 24.6 Å². The minimum Gasteiger partial charge on any atom is -0.480 e. The predicted octanol–water partition coefficient (Wildman–Crippen LogP) is -0.554. The summed E-state index contributed by atoms with van der Waals surface area (Å²) in [5, 5.41) is 12.2. The molecule has 1 aliphatic rings. The maximum Gasteiger partial charge on any atom is 0.322 e. The second-order valence-electron chi connectivity index (χ2n) is 6.95. The number of aliphatic carboxylic acids is 1. The third kappa shape index (κ3) is 8.07. The molecule has 31 heavy (non-hydrogen) atoms. The Hall–Kier alpha value is -2.25. The molecule has 1 fully saturated rings. The van der Waals surface area contributed by atoms with Crippen LogP contribution in [-0.4, -0.2) is 107 Å². The maximum atomic E-state index is 12.4. The highest BCUT2D eigenvalue weighted by Crippen LogP contribution is 2.13. The SMILES string of the molecule is COCCOCOc1ccc(C(=O)NC[C@@H](C(=O)O)N2CCN(S(C)(=O)=O)CC2)cc1. The highest BCUT2D eigenvalue weighted by molar-refractivity contribution is 7.88. The molecule has 0 aliphatic carbocycles. The molecule has 0 saturated carbocycles. The maximum absolute atomic E-state index is 12.4. The Balaban J connectivity index is 1.83. The van der Waals surface area contributed by atoms with Crippen molar-refractivity contribution in [1.82, 2.24) is 14.5 Å². The van der Waals surface area contributed by atoms with Crippen LogP contribution in [0.2, 0.25) is 0 Å². The van der Waals surface area contributed by atoms with Crippen LogP contribution < -0.4 is 10.1 Å². The third-order valence-corrected chi connectivity index (χ3v) is 6.08. The van der Waals surface area contributed by atoms with Gasteiger partial charge >= 0.3 is 5.97 Å². The van der Waals surface area contributed by atoms with Gasteiger partial charge in [0.15, 0.2) is 6.79 Å². The molecule has 2 N–H and O–H groups in total. The minimum absolute atomic E-state index is 0.0573. The van der Waals surface area contributed by atoms with Crippen LogP contribution in [0.25, 0.3) is 0 Å². The molecule has 1 heterocycles. The van der Waals surface area contributed by atoms with E-state index in [-0.39, 0.29) is 39.5 Å². The van der Waals surface area contributed by atoms with Gasteiger partial charge in [0, 0.05) is 45.4 Å². The van der Waals surface area contributed by atoms with E-state index in [0.717, 1.165) is 6.26 Å². The molecule has 11 nitrogen and oxygen atoms in total.